The molecule has 0 heterocycles. The number of nitrogens with zero attached hydrogens (tertiary/aromatic N) is 1. The van der Waals surface area contributed by atoms with Crippen molar-refractivity contribution >= 4 is 23.0 Å². The monoisotopic (exact) mass is 287 g/mol. The van der Waals surface area contributed by atoms with Crippen LogP contribution in [0.3, 0.4) is 0 Å². The number of nitrogen functional groups attached to an aromatic ring is 1. The van der Waals surface area contributed by atoms with E-state index in [-0.39, 0.29) is 22.6 Å². The van der Waals surface area contributed by atoms with Crippen LogP contribution >= 0.6 is 0 Å². The van der Waals surface area contributed by atoms with Gasteiger partial charge in [0.05, 0.1) is 17.6 Å². The number of methoxy groups -OCH3 is 1. The van der Waals surface area contributed by atoms with E-state index in [1.807, 2.05) is 0 Å². The number of anilines is 2. The molecule has 0 spiro atoms. The van der Waals surface area contributed by atoms with Gasteiger partial charge < -0.3 is 15.8 Å². The van der Waals surface area contributed by atoms with E-state index in [9.17, 15) is 14.9 Å². The minimum Gasteiger partial charge on any atom is -0.497 e. The van der Waals surface area contributed by atoms with Crippen molar-refractivity contribution in [2.45, 2.75) is 0 Å². The molecular formula is C14H13N3O4. The van der Waals surface area contributed by atoms with Gasteiger partial charge in [-0.15, -0.1) is 0 Å². The highest BCUT2D eigenvalue weighted by atomic mass is 16.6. The van der Waals surface area contributed by atoms with Crippen molar-refractivity contribution in [3.8, 4) is 5.75 Å². The average Bonchev–Trinajstić information content (AvgIpc) is 2.48. The largest absolute Gasteiger partial charge is 0.497 e. The Morgan fingerprint density at radius 3 is 2.67 bits per heavy atom. The Kier molecular flexibility index (Phi) is 4.03. The molecule has 0 radical (unpaired) electrons. The van der Waals surface area contributed by atoms with E-state index in [1.54, 1.807) is 12.1 Å². The van der Waals surface area contributed by atoms with Crippen molar-refractivity contribution in [2.24, 2.45) is 0 Å². The summed E-state index contributed by atoms with van der Waals surface area (Å²) in [4.78, 5) is 22.6. The summed E-state index contributed by atoms with van der Waals surface area (Å²) in [6.07, 6.45) is 0. The summed E-state index contributed by atoms with van der Waals surface area (Å²) in [6, 6.07) is 10.5. The third kappa shape index (κ3) is 3.08. The minimum atomic E-state index is -0.565. The molecule has 0 atom stereocenters. The summed E-state index contributed by atoms with van der Waals surface area (Å²) in [5, 5.41) is 13.4. The SMILES string of the molecule is COc1ccc(N)c(C(=O)Nc2ccccc2[N+](=O)[O-])c1. The van der Waals surface area contributed by atoms with Crippen LogP contribution in [0.1, 0.15) is 10.4 Å². The predicted octanol–water partition coefficient (Wildman–Crippen LogP) is 2.44. The predicted molar refractivity (Wildman–Crippen MR) is 78.5 cm³/mol. The zero-order valence-corrected chi connectivity index (χ0v) is 11.2. The molecule has 2 aromatic rings. The second kappa shape index (κ2) is 5.91. The van der Waals surface area contributed by atoms with Crippen molar-refractivity contribution in [3.05, 3.63) is 58.1 Å². The molecule has 0 saturated carbocycles. The number of benzene rings is 2. The number of nitrogens with one attached hydrogen (secondary N) is 1. The first-order valence-corrected chi connectivity index (χ1v) is 6.01. The molecule has 0 aliphatic rings. The first-order valence-electron chi connectivity index (χ1n) is 6.01. The molecule has 2 rings (SSSR count). The topological polar surface area (TPSA) is 107 Å². The fourth-order valence-corrected chi connectivity index (χ4v) is 1.79. The van der Waals surface area contributed by atoms with Gasteiger partial charge in [-0.25, -0.2) is 0 Å². The fraction of sp³-hybridized carbons (Fsp3) is 0.0714. The second-order valence-electron chi connectivity index (χ2n) is 4.18. The number of hydrogen-bond donors (Lipinski definition) is 2. The molecule has 108 valence electrons. The van der Waals surface area contributed by atoms with Crippen molar-refractivity contribution in [3.63, 3.8) is 0 Å². The Labute approximate surface area is 120 Å². The Bertz CT molecular complexity index is 700. The highest BCUT2D eigenvalue weighted by Gasteiger charge is 2.17. The van der Waals surface area contributed by atoms with Gasteiger partial charge in [-0.1, -0.05) is 12.1 Å². The van der Waals surface area contributed by atoms with Crippen LogP contribution in [0.4, 0.5) is 17.1 Å². The van der Waals surface area contributed by atoms with Gasteiger partial charge in [0.1, 0.15) is 11.4 Å². The van der Waals surface area contributed by atoms with Gasteiger partial charge >= 0.3 is 0 Å². The van der Waals surface area contributed by atoms with Crippen molar-refractivity contribution in [1.82, 2.24) is 0 Å². The summed E-state index contributed by atoms with van der Waals surface area (Å²) >= 11 is 0. The normalized spacial score (nSPS) is 9.95. The van der Waals surface area contributed by atoms with Gasteiger partial charge in [0, 0.05) is 11.8 Å². The third-order valence-electron chi connectivity index (χ3n) is 2.85. The molecule has 0 aliphatic carbocycles. The number of carbonyl (C=O) groups is 1. The van der Waals surface area contributed by atoms with Crippen molar-refractivity contribution < 1.29 is 14.5 Å². The molecule has 21 heavy (non-hydrogen) atoms. The van der Waals surface area contributed by atoms with E-state index >= 15 is 0 Å². The van der Waals surface area contributed by atoms with Gasteiger partial charge in [-0.3, -0.25) is 14.9 Å². The van der Waals surface area contributed by atoms with Gasteiger partial charge in [0.2, 0.25) is 0 Å². The van der Waals surface area contributed by atoms with Gasteiger partial charge in [0.15, 0.2) is 0 Å². The highest BCUT2D eigenvalue weighted by Crippen LogP contribution is 2.25. The summed E-state index contributed by atoms with van der Waals surface area (Å²) < 4.78 is 5.03. The quantitative estimate of drug-likeness (QED) is 0.510. The number of nitro groups is 1. The number of hydrogen-bond acceptors (Lipinski definition) is 5. The van der Waals surface area contributed by atoms with Gasteiger partial charge in [-0.2, -0.15) is 0 Å². The van der Waals surface area contributed by atoms with Crippen LogP contribution in [0, 0.1) is 10.1 Å². The highest BCUT2D eigenvalue weighted by molar-refractivity contribution is 6.08. The first kappa shape index (κ1) is 14.3. The van der Waals surface area contributed by atoms with Crippen LogP contribution in [0.2, 0.25) is 0 Å². The lowest BCUT2D eigenvalue weighted by molar-refractivity contribution is -0.383. The molecule has 2 aromatic carbocycles. The average molecular weight is 287 g/mol. The number of carbonyl (C=O) groups excluding carboxylic acids is 1. The zero-order valence-electron chi connectivity index (χ0n) is 11.2. The molecule has 0 aromatic heterocycles. The van der Waals surface area contributed by atoms with E-state index in [0.29, 0.717) is 5.75 Å². The summed E-state index contributed by atoms with van der Waals surface area (Å²) in [5.41, 5.74) is 6.11. The van der Waals surface area contributed by atoms with Crippen molar-refractivity contribution in [2.75, 3.05) is 18.2 Å². The molecule has 0 fully saturated rings. The van der Waals surface area contributed by atoms with Crippen LogP contribution in [-0.4, -0.2) is 17.9 Å². The lowest BCUT2D eigenvalue weighted by Crippen LogP contribution is -2.15. The Morgan fingerprint density at radius 2 is 2.00 bits per heavy atom. The molecule has 0 bridgehead atoms. The van der Waals surface area contributed by atoms with E-state index in [1.165, 1.54) is 37.4 Å². The Balaban J connectivity index is 2.33. The third-order valence-corrected chi connectivity index (χ3v) is 2.85. The van der Waals surface area contributed by atoms with Crippen LogP contribution in [0.25, 0.3) is 0 Å². The minimum absolute atomic E-state index is 0.106. The smallest absolute Gasteiger partial charge is 0.292 e. The summed E-state index contributed by atoms with van der Waals surface area (Å²) in [6.45, 7) is 0. The van der Waals surface area contributed by atoms with Crippen LogP contribution in [-0.2, 0) is 0 Å². The number of para-hydroxylation sites is 2. The fourth-order valence-electron chi connectivity index (χ4n) is 1.79. The number of nitrogens with two attached hydrogens (primary N) is 1. The molecular weight excluding hydrogens is 274 g/mol. The summed E-state index contributed by atoms with van der Waals surface area (Å²) in [7, 11) is 1.47. The Hall–Kier alpha value is -3.09. The van der Waals surface area contributed by atoms with Crippen LogP contribution in [0.15, 0.2) is 42.5 Å². The number of ether oxygens (including phenoxy) is 1. The van der Waals surface area contributed by atoms with E-state index < -0.39 is 10.8 Å². The van der Waals surface area contributed by atoms with E-state index in [0.717, 1.165) is 0 Å². The maximum absolute atomic E-state index is 12.2. The van der Waals surface area contributed by atoms with Crippen molar-refractivity contribution in [1.29, 1.82) is 0 Å². The first-order chi connectivity index (χ1) is 10.0. The number of rotatable bonds is 4. The van der Waals surface area contributed by atoms with Crippen LogP contribution < -0.4 is 15.8 Å². The standard InChI is InChI=1S/C14H13N3O4/c1-21-9-6-7-11(15)10(8-9)14(18)16-12-4-2-3-5-13(12)17(19)20/h2-8H,15H2,1H3,(H,16,18). The Morgan fingerprint density at radius 1 is 1.29 bits per heavy atom. The molecule has 0 saturated heterocycles. The maximum atomic E-state index is 12.2. The van der Waals surface area contributed by atoms with E-state index in [2.05, 4.69) is 5.32 Å². The van der Waals surface area contributed by atoms with E-state index in [4.69, 9.17) is 10.5 Å². The molecule has 7 heteroatoms. The molecule has 7 nitrogen and oxygen atoms in total. The molecule has 3 N–H and O–H groups in total. The summed E-state index contributed by atoms with van der Waals surface area (Å²) in [5.74, 6) is -0.0717. The number of nitro benzene ring substituents is 1. The van der Waals surface area contributed by atoms with Gasteiger partial charge in [0.25, 0.3) is 11.6 Å². The zero-order chi connectivity index (χ0) is 15.4. The van der Waals surface area contributed by atoms with Gasteiger partial charge in [-0.05, 0) is 24.3 Å². The van der Waals surface area contributed by atoms with Crippen LogP contribution in [0.5, 0.6) is 5.75 Å². The second-order valence-corrected chi connectivity index (χ2v) is 4.18. The number of amides is 1. The maximum Gasteiger partial charge on any atom is 0.292 e. The molecule has 1 amide bonds. The lowest BCUT2D eigenvalue weighted by Gasteiger charge is -2.09. The molecule has 0 unspecified atom stereocenters. The molecule has 0 aliphatic heterocycles. The lowest BCUT2D eigenvalue weighted by atomic mass is 10.1.